The van der Waals surface area contributed by atoms with Gasteiger partial charge in [0, 0.05) is 10.0 Å². The number of ketones is 1. The number of Topliss-reactive ketones (excluding diaryl/α,β-unsaturated/α-hetero) is 1. The van der Waals surface area contributed by atoms with Gasteiger partial charge in [0.15, 0.2) is 5.78 Å². The summed E-state index contributed by atoms with van der Waals surface area (Å²) in [5, 5.41) is 4.00. The van der Waals surface area contributed by atoms with Crippen molar-refractivity contribution in [2.45, 2.75) is 6.92 Å². The topological polar surface area (TPSA) is 74.1 Å². The van der Waals surface area contributed by atoms with Gasteiger partial charge in [-0.05, 0) is 41.1 Å². The van der Waals surface area contributed by atoms with Crippen molar-refractivity contribution in [3.63, 3.8) is 0 Å². The number of hydrogen-bond donors (Lipinski definition) is 0. The van der Waals surface area contributed by atoms with Gasteiger partial charge < -0.3 is 4.74 Å². The summed E-state index contributed by atoms with van der Waals surface area (Å²) in [5.41, 5.74) is 1.26. The zero-order valence-electron chi connectivity index (χ0n) is 10.3. The Kier molecular flexibility index (Phi) is 3.75. The number of nitrogens with zero attached hydrogens (tertiary/aromatic N) is 3. The van der Waals surface area contributed by atoms with Gasteiger partial charge in [-0.25, -0.2) is 14.5 Å². The molecule has 1 aromatic carbocycles. The molecule has 0 radical (unpaired) electrons. The van der Waals surface area contributed by atoms with Crippen LogP contribution in [0.4, 0.5) is 0 Å². The fourth-order valence-electron chi connectivity index (χ4n) is 1.48. The van der Waals surface area contributed by atoms with Crippen LogP contribution in [0.1, 0.15) is 27.9 Å². The lowest BCUT2D eigenvalue weighted by atomic mass is 10.1. The summed E-state index contributed by atoms with van der Waals surface area (Å²) in [4.78, 5) is 26.4. The van der Waals surface area contributed by atoms with Crippen molar-refractivity contribution in [3.05, 3.63) is 40.4 Å². The summed E-state index contributed by atoms with van der Waals surface area (Å²) in [6.45, 7) is 1.49. The maximum absolute atomic E-state index is 11.3. The number of halogens is 1. The van der Waals surface area contributed by atoms with Gasteiger partial charge in [0.05, 0.1) is 12.8 Å². The van der Waals surface area contributed by atoms with Crippen LogP contribution in [0.5, 0.6) is 0 Å². The number of methoxy groups -OCH3 is 1. The number of esters is 1. The molecule has 0 bridgehead atoms. The molecule has 2 aromatic rings. The van der Waals surface area contributed by atoms with E-state index in [0.29, 0.717) is 15.7 Å². The molecule has 98 valence electrons. The van der Waals surface area contributed by atoms with E-state index in [-0.39, 0.29) is 11.6 Å². The molecular weight excluding hydrogens is 314 g/mol. The molecular formula is C12H10BrN3O3. The van der Waals surface area contributed by atoms with Crippen molar-refractivity contribution in [1.82, 2.24) is 14.8 Å². The minimum absolute atomic E-state index is 0.0231. The van der Waals surface area contributed by atoms with Crippen molar-refractivity contribution < 1.29 is 14.3 Å². The van der Waals surface area contributed by atoms with Crippen LogP contribution in [0.2, 0.25) is 0 Å². The quantitative estimate of drug-likeness (QED) is 0.638. The Morgan fingerprint density at radius 2 is 2.11 bits per heavy atom. The van der Waals surface area contributed by atoms with E-state index >= 15 is 0 Å². The number of hydrogen-bond acceptors (Lipinski definition) is 5. The first-order valence-electron chi connectivity index (χ1n) is 5.33. The van der Waals surface area contributed by atoms with E-state index in [0.717, 1.165) is 0 Å². The number of rotatable bonds is 3. The molecule has 0 aliphatic heterocycles. The lowest BCUT2D eigenvalue weighted by molar-refractivity contribution is 0.0587. The van der Waals surface area contributed by atoms with E-state index in [4.69, 9.17) is 0 Å². The van der Waals surface area contributed by atoms with E-state index in [9.17, 15) is 9.59 Å². The average molecular weight is 324 g/mol. The molecule has 0 fully saturated rings. The highest BCUT2D eigenvalue weighted by Gasteiger charge is 2.13. The summed E-state index contributed by atoms with van der Waals surface area (Å²) in [5.74, 6) is -0.652. The van der Waals surface area contributed by atoms with Crippen LogP contribution >= 0.6 is 15.9 Å². The van der Waals surface area contributed by atoms with E-state index in [1.807, 2.05) is 0 Å². The molecule has 6 nitrogen and oxygen atoms in total. The zero-order chi connectivity index (χ0) is 14.0. The number of carbonyl (C=O) groups is 2. The molecule has 19 heavy (non-hydrogen) atoms. The Morgan fingerprint density at radius 1 is 1.37 bits per heavy atom. The minimum Gasteiger partial charge on any atom is -0.463 e. The molecule has 0 N–H and O–H groups in total. The molecule has 0 atom stereocenters. The minimum atomic E-state index is -0.602. The lowest BCUT2D eigenvalue weighted by Gasteiger charge is -2.05. The highest BCUT2D eigenvalue weighted by molar-refractivity contribution is 9.10. The second-order valence-corrected chi connectivity index (χ2v) is 4.58. The van der Waals surface area contributed by atoms with Gasteiger partial charge in [0.2, 0.25) is 0 Å². The summed E-state index contributed by atoms with van der Waals surface area (Å²) in [6.07, 6.45) is 1.40. The van der Waals surface area contributed by atoms with Gasteiger partial charge >= 0.3 is 5.97 Å². The highest BCUT2D eigenvalue weighted by Crippen LogP contribution is 2.22. The Bertz CT molecular complexity index is 651. The van der Waals surface area contributed by atoms with Crippen LogP contribution in [-0.4, -0.2) is 33.6 Å². The number of benzene rings is 1. The summed E-state index contributed by atoms with van der Waals surface area (Å²) in [7, 11) is 1.26. The maximum Gasteiger partial charge on any atom is 0.377 e. The molecule has 0 aliphatic carbocycles. The van der Waals surface area contributed by atoms with Gasteiger partial charge in [0.1, 0.15) is 6.33 Å². The molecule has 1 aromatic heterocycles. The Labute approximate surface area is 117 Å². The third-order valence-corrected chi connectivity index (χ3v) is 3.10. The monoisotopic (exact) mass is 323 g/mol. The molecule has 0 spiro atoms. The van der Waals surface area contributed by atoms with Crippen molar-refractivity contribution in [2.75, 3.05) is 7.11 Å². The Hall–Kier alpha value is -2.02. The molecule has 1 heterocycles. The number of carbonyl (C=O) groups excluding carboxylic acids is 2. The third kappa shape index (κ3) is 2.70. The first-order valence-corrected chi connectivity index (χ1v) is 6.13. The summed E-state index contributed by atoms with van der Waals surface area (Å²) < 4.78 is 6.65. The Morgan fingerprint density at radius 3 is 2.68 bits per heavy atom. The molecule has 0 aliphatic rings. The van der Waals surface area contributed by atoms with E-state index in [1.54, 1.807) is 18.2 Å². The van der Waals surface area contributed by atoms with E-state index in [1.165, 1.54) is 25.0 Å². The number of aromatic nitrogens is 3. The normalized spacial score (nSPS) is 10.3. The van der Waals surface area contributed by atoms with Gasteiger partial charge in [0.25, 0.3) is 5.82 Å². The number of ether oxygens (including phenoxy) is 1. The fourth-order valence-corrected chi connectivity index (χ4v) is 2.04. The first-order chi connectivity index (χ1) is 9.02. The van der Waals surface area contributed by atoms with Crippen molar-refractivity contribution in [1.29, 1.82) is 0 Å². The van der Waals surface area contributed by atoms with Crippen LogP contribution < -0.4 is 0 Å². The highest BCUT2D eigenvalue weighted by atomic mass is 79.9. The molecule has 0 saturated carbocycles. The van der Waals surface area contributed by atoms with Crippen LogP contribution in [0.25, 0.3) is 5.69 Å². The molecule has 0 amide bonds. The van der Waals surface area contributed by atoms with Crippen LogP contribution in [0, 0.1) is 0 Å². The average Bonchev–Trinajstić information content (AvgIpc) is 2.87. The van der Waals surface area contributed by atoms with Crippen molar-refractivity contribution in [2.24, 2.45) is 0 Å². The van der Waals surface area contributed by atoms with Crippen LogP contribution in [0.3, 0.4) is 0 Å². The smallest absolute Gasteiger partial charge is 0.377 e. The Balaban J connectivity index is 2.39. The predicted molar refractivity (Wildman–Crippen MR) is 70.4 cm³/mol. The van der Waals surface area contributed by atoms with Gasteiger partial charge in [-0.1, -0.05) is 0 Å². The standard InChI is InChI=1S/C12H10BrN3O3/c1-7(17)8-3-4-10(9(13)5-8)16-6-14-11(15-16)12(18)19-2/h3-6H,1-2H3. The van der Waals surface area contributed by atoms with Gasteiger partial charge in [-0.3, -0.25) is 4.79 Å². The predicted octanol–water partition coefficient (Wildman–Crippen LogP) is 2.02. The second-order valence-electron chi connectivity index (χ2n) is 3.73. The molecule has 2 rings (SSSR count). The van der Waals surface area contributed by atoms with Crippen LogP contribution in [0.15, 0.2) is 29.0 Å². The zero-order valence-corrected chi connectivity index (χ0v) is 11.8. The summed E-state index contributed by atoms with van der Waals surface area (Å²) >= 11 is 3.36. The third-order valence-electron chi connectivity index (χ3n) is 2.46. The molecule has 0 unspecified atom stereocenters. The van der Waals surface area contributed by atoms with Crippen LogP contribution in [-0.2, 0) is 4.74 Å². The van der Waals surface area contributed by atoms with Crippen molar-refractivity contribution >= 4 is 27.7 Å². The van der Waals surface area contributed by atoms with Gasteiger partial charge in [-0.2, -0.15) is 0 Å². The summed E-state index contributed by atoms with van der Waals surface area (Å²) in [6, 6.07) is 5.09. The first kappa shape index (κ1) is 13.4. The SMILES string of the molecule is COC(=O)c1ncn(-c2ccc(C(C)=O)cc2Br)n1. The van der Waals surface area contributed by atoms with E-state index < -0.39 is 5.97 Å². The van der Waals surface area contributed by atoms with E-state index in [2.05, 4.69) is 30.7 Å². The molecule has 0 saturated heterocycles. The van der Waals surface area contributed by atoms with Crippen molar-refractivity contribution in [3.8, 4) is 5.69 Å². The van der Waals surface area contributed by atoms with Gasteiger partial charge in [-0.15, -0.1) is 5.10 Å². The maximum atomic E-state index is 11.3. The largest absolute Gasteiger partial charge is 0.463 e. The fraction of sp³-hybridized carbons (Fsp3) is 0.167. The second kappa shape index (κ2) is 5.31. The lowest BCUT2D eigenvalue weighted by Crippen LogP contribution is -2.05. The molecule has 7 heteroatoms.